The summed E-state index contributed by atoms with van der Waals surface area (Å²) in [6, 6.07) is 1.74. The molecular weight excluding hydrogens is 300 g/mol. The summed E-state index contributed by atoms with van der Waals surface area (Å²) in [5, 5.41) is 8.84. The van der Waals surface area contributed by atoms with E-state index in [9.17, 15) is 9.59 Å². The van der Waals surface area contributed by atoms with E-state index in [4.69, 9.17) is 5.11 Å². The van der Waals surface area contributed by atoms with Gasteiger partial charge in [-0.15, -0.1) is 0 Å². The molecule has 0 aliphatic carbocycles. The van der Waals surface area contributed by atoms with Crippen LogP contribution in [0, 0.1) is 5.92 Å². The molecule has 1 rings (SSSR count). The van der Waals surface area contributed by atoms with Gasteiger partial charge in [-0.25, -0.2) is 0 Å². The molecule has 1 aromatic rings. The van der Waals surface area contributed by atoms with Gasteiger partial charge in [-0.3, -0.25) is 9.59 Å². The minimum absolute atomic E-state index is 0.171. The predicted octanol–water partition coefficient (Wildman–Crippen LogP) is 2.06. The largest absolute Gasteiger partial charge is 0.481 e. The van der Waals surface area contributed by atoms with Crippen LogP contribution >= 0.6 is 15.9 Å². The van der Waals surface area contributed by atoms with Gasteiger partial charge in [0.15, 0.2) is 0 Å². The summed E-state index contributed by atoms with van der Waals surface area (Å²) in [6.45, 7) is 4.42. The fourth-order valence-corrected chi connectivity index (χ4v) is 2.15. The maximum atomic E-state index is 12.2. The Hall–Kier alpha value is -1.30. The number of carbonyl (C=O) groups excluding carboxylic acids is 1. The topological polar surface area (TPSA) is 62.5 Å². The molecule has 1 amide bonds. The summed E-state index contributed by atoms with van der Waals surface area (Å²) < 4.78 is 2.67. The Labute approximate surface area is 115 Å². The van der Waals surface area contributed by atoms with Crippen molar-refractivity contribution in [2.75, 3.05) is 13.6 Å². The first-order valence-electron chi connectivity index (χ1n) is 5.70. The van der Waals surface area contributed by atoms with E-state index in [0.29, 0.717) is 12.2 Å². The third-order valence-electron chi connectivity index (χ3n) is 2.74. The Balaban J connectivity index is 2.83. The highest BCUT2D eigenvalue weighted by atomic mass is 79.9. The summed E-state index contributed by atoms with van der Waals surface area (Å²) in [6.07, 6.45) is 1.84. The van der Waals surface area contributed by atoms with Crippen LogP contribution < -0.4 is 0 Å². The van der Waals surface area contributed by atoms with E-state index in [-0.39, 0.29) is 12.5 Å². The Morgan fingerprint density at radius 3 is 2.67 bits per heavy atom. The van der Waals surface area contributed by atoms with Crippen LogP contribution in [0.3, 0.4) is 0 Å². The first kappa shape index (κ1) is 14.8. The summed E-state index contributed by atoms with van der Waals surface area (Å²) in [5.41, 5.74) is 0.560. The van der Waals surface area contributed by atoms with Gasteiger partial charge in [0, 0.05) is 30.8 Å². The quantitative estimate of drug-likeness (QED) is 0.904. The lowest BCUT2D eigenvalue weighted by Crippen LogP contribution is -2.34. The fraction of sp³-hybridized carbons (Fsp3) is 0.500. The molecule has 18 heavy (non-hydrogen) atoms. The zero-order valence-electron chi connectivity index (χ0n) is 10.7. The average molecular weight is 317 g/mol. The van der Waals surface area contributed by atoms with Gasteiger partial charge < -0.3 is 14.6 Å². The highest BCUT2D eigenvalue weighted by Crippen LogP contribution is 2.16. The van der Waals surface area contributed by atoms with E-state index in [1.165, 1.54) is 4.90 Å². The van der Waals surface area contributed by atoms with Gasteiger partial charge in [-0.05, 0) is 28.9 Å². The predicted molar refractivity (Wildman–Crippen MR) is 71.6 cm³/mol. The van der Waals surface area contributed by atoms with Gasteiger partial charge in [0.25, 0.3) is 5.91 Å². The van der Waals surface area contributed by atoms with E-state index in [1.807, 2.05) is 17.7 Å². The molecule has 0 saturated heterocycles. The number of nitrogens with zero attached hydrogens (tertiary/aromatic N) is 2. The number of rotatable bonds is 5. The second kappa shape index (κ2) is 6.04. The molecule has 1 aromatic heterocycles. The highest BCUT2D eigenvalue weighted by Gasteiger charge is 2.20. The third-order valence-corrected chi connectivity index (χ3v) is 3.17. The third kappa shape index (κ3) is 3.35. The smallest absolute Gasteiger partial charge is 0.308 e. The summed E-state index contributed by atoms with van der Waals surface area (Å²) in [5.74, 6) is -1.65. The maximum absolute atomic E-state index is 12.2. The zero-order valence-corrected chi connectivity index (χ0v) is 12.3. The number of carboxylic acid groups (broad SMARTS) is 1. The van der Waals surface area contributed by atoms with Crippen LogP contribution in [0.1, 0.15) is 24.3 Å². The molecule has 0 saturated carbocycles. The lowest BCUT2D eigenvalue weighted by Gasteiger charge is -2.20. The number of amides is 1. The van der Waals surface area contributed by atoms with Crippen LogP contribution in [0.2, 0.25) is 0 Å². The Morgan fingerprint density at radius 1 is 1.56 bits per heavy atom. The molecule has 1 heterocycles. The number of aliphatic carboxylic acids is 1. The van der Waals surface area contributed by atoms with Crippen LogP contribution in [-0.2, 0) is 11.3 Å². The van der Waals surface area contributed by atoms with Crippen LogP contribution in [-0.4, -0.2) is 40.0 Å². The molecule has 0 bridgehead atoms. The molecule has 0 spiro atoms. The molecule has 0 aliphatic rings. The van der Waals surface area contributed by atoms with Crippen molar-refractivity contribution in [3.63, 3.8) is 0 Å². The maximum Gasteiger partial charge on any atom is 0.308 e. The summed E-state index contributed by atoms with van der Waals surface area (Å²) in [7, 11) is 1.61. The number of halogens is 1. The molecule has 6 heteroatoms. The monoisotopic (exact) mass is 316 g/mol. The molecule has 1 unspecified atom stereocenters. The van der Waals surface area contributed by atoms with E-state index in [1.54, 1.807) is 20.0 Å². The first-order valence-corrected chi connectivity index (χ1v) is 6.50. The standard InChI is InChI=1S/C12H17BrN2O3/c1-4-15-7-9(13)5-10(15)11(16)14(3)6-8(2)12(17)18/h5,7-8H,4,6H2,1-3H3,(H,17,18). The second-order valence-electron chi connectivity index (χ2n) is 4.25. The zero-order chi connectivity index (χ0) is 13.9. The van der Waals surface area contributed by atoms with Crippen molar-refractivity contribution in [3.8, 4) is 0 Å². The number of carbonyl (C=O) groups is 2. The molecule has 0 radical (unpaired) electrons. The summed E-state index contributed by atoms with van der Waals surface area (Å²) >= 11 is 3.33. The molecule has 100 valence electrons. The first-order chi connectivity index (χ1) is 8.36. The molecule has 0 aromatic carbocycles. The lowest BCUT2D eigenvalue weighted by molar-refractivity contribution is -0.141. The van der Waals surface area contributed by atoms with Gasteiger partial charge in [0.05, 0.1) is 5.92 Å². The van der Waals surface area contributed by atoms with Crippen LogP contribution in [0.4, 0.5) is 0 Å². The van der Waals surface area contributed by atoms with Crippen molar-refractivity contribution in [1.82, 2.24) is 9.47 Å². The molecule has 0 fully saturated rings. The molecule has 5 nitrogen and oxygen atoms in total. The molecule has 0 aliphatic heterocycles. The van der Waals surface area contributed by atoms with Crippen LogP contribution in [0.25, 0.3) is 0 Å². The van der Waals surface area contributed by atoms with E-state index in [2.05, 4.69) is 15.9 Å². The highest BCUT2D eigenvalue weighted by molar-refractivity contribution is 9.10. The average Bonchev–Trinajstić information content (AvgIpc) is 2.69. The van der Waals surface area contributed by atoms with Gasteiger partial charge in [0.2, 0.25) is 0 Å². The van der Waals surface area contributed by atoms with Crippen molar-refractivity contribution in [1.29, 1.82) is 0 Å². The minimum Gasteiger partial charge on any atom is -0.481 e. The van der Waals surface area contributed by atoms with Gasteiger partial charge in [-0.1, -0.05) is 6.92 Å². The lowest BCUT2D eigenvalue weighted by atomic mass is 10.1. The Kier molecular flexibility index (Phi) is 4.95. The van der Waals surface area contributed by atoms with Crippen LogP contribution in [0.5, 0.6) is 0 Å². The van der Waals surface area contributed by atoms with Gasteiger partial charge >= 0.3 is 5.97 Å². The molecule has 1 N–H and O–H groups in total. The number of aromatic nitrogens is 1. The van der Waals surface area contributed by atoms with Gasteiger partial charge in [-0.2, -0.15) is 0 Å². The molecule has 1 atom stereocenters. The number of hydrogen-bond donors (Lipinski definition) is 1. The van der Waals surface area contributed by atoms with Crippen molar-refractivity contribution in [2.24, 2.45) is 5.92 Å². The minimum atomic E-state index is -0.901. The molecular formula is C12H17BrN2O3. The normalized spacial score (nSPS) is 12.2. The van der Waals surface area contributed by atoms with Crippen molar-refractivity contribution < 1.29 is 14.7 Å². The Morgan fingerprint density at radius 2 is 2.17 bits per heavy atom. The Bertz CT molecular complexity index is 456. The fourth-order valence-electron chi connectivity index (χ4n) is 1.68. The van der Waals surface area contributed by atoms with E-state index < -0.39 is 11.9 Å². The van der Waals surface area contributed by atoms with E-state index in [0.717, 1.165) is 4.47 Å². The van der Waals surface area contributed by atoms with Crippen molar-refractivity contribution in [3.05, 3.63) is 22.4 Å². The summed E-state index contributed by atoms with van der Waals surface area (Å²) in [4.78, 5) is 24.4. The SMILES string of the molecule is CCn1cc(Br)cc1C(=O)N(C)CC(C)C(=O)O. The van der Waals surface area contributed by atoms with Crippen molar-refractivity contribution >= 4 is 27.8 Å². The second-order valence-corrected chi connectivity index (χ2v) is 5.17. The van der Waals surface area contributed by atoms with Crippen molar-refractivity contribution in [2.45, 2.75) is 20.4 Å². The number of aryl methyl sites for hydroxylation is 1. The van der Waals surface area contributed by atoms with Crippen LogP contribution in [0.15, 0.2) is 16.7 Å². The van der Waals surface area contributed by atoms with E-state index >= 15 is 0 Å². The number of carboxylic acids is 1. The number of hydrogen-bond acceptors (Lipinski definition) is 2. The van der Waals surface area contributed by atoms with Gasteiger partial charge in [0.1, 0.15) is 5.69 Å².